The number of halogens is 3. The van der Waals surface area contributed by atoms with Crippen molar-refractivity contribution in [3.05, 3.63) is 23.8 Å². The first-order valence-electron chi connectivity index (χ1n) is 6.19. The normalized spacial score (nSPS) is 11.7. The Bertz CT molecular complexity index is 407. The van der Waals surface area contributed by atoms with Crippen molar-refractivity contribution in [3.8, 4) is 0 Å². The molecule has 0 unspecified atom stereocenters. The highest BCUT2D eigenvalue weighted by Crippen LogP contribution is 2.32. The van der Waals surface area contributed by atoms with Gasteiger partial charge in [-0.15, -0.1) is 11.8 Å². The minimum absolute atomic E-state index is 0.243. The second-order valence-corrected chi connectivity index (χ2v) is 5.33. The molecule has 0 aliphatic heterocycles. The van der Waals surface area contributed by atoms with Gasteiger partial charge in [0.25, 0.3) is 0 Å². The van der Waals surface area contributed by atoms with Gasteiger partial charge in [0.2, 0.25) is 0 Å². The van der Waals surface area contributed by atoms with Gasteiger partial charge in [0.1, 0.15) is 6.54 Å². The molecule has 0 atom stereocenters. The van der Waals surface area contributed by atoms with Crippen molar-refractivity contribution in [2.45, 2.75) is 31.5 Å². The highest BCUT2D eigenvalue weighted by Gasteiger charge is 2.31. The van der Waals surface area contributed by atoms with E-state index in [9.17, 15) is 13.2 Å². The fourth-order valence-corrected chi connectivity index (χ4v) is 2.78. The fraction of sp³-hybridized carbons (Fsp3) is 0.538. The third kappa shape index (κ3) is 4.62. The quantitative estimate of drug-likeness (QED) is 0.812. The van der Waals surface area contributed by atoms with E-state index in [1.165, 1.54) is 4.90 Å². The highest BCUT2D eigenvalue weighted by atomic mass is 32.2. The summed E-state index contributed by atoms with van der Waals surface area (Å²) in [5, 5.41) is 0. The summed E-state index contributed by atoms with van der Waals surface area (Å²) in [5.41, 5.74) is 7.09. The summed E-state index contributed by atoms with van der Waals surface area (Å²) in [4.78, 5) is 2.28. The zero-order valence-corrected chi connectivity index (χ0v) is 11.9. The lowest BCUT2D eigenvalue weighted by atomic mass is 10.1. The first-order chi connectivity index (χ1) is 8.92. The van der Waals surface area contributed by atoms with Crippen LogP contribution in [0.3, 0.4) is 0 Å². The van der Waals surface area contributed by atoms with Gasteiger partial charge in [0.15, 0.2) is 0 Å². The summed E-state index contributed by atoms with van der Waals surface area (Å²) >= 11 is 1.60. The smallest absolute Gasteiger partial charge is 0.363 e. The van der Waals surface area contributed by atoms with Gasteiger partial charge in [-0.2, -0.15) is 13.2 Å². The molecule has 2 nitrogen and oxygen atoms in total. The zero-order valence-electron chi connectivity index (χ0n) is 11.1. The molecule has 0 saturated heterocycles. The van der Waals surface area contributed by atoms with Crippen LogP contribution >= 0.6 is 11.8 Å². The van der Waals surface area contributed by atoms with Gasteiger partial charge in [-0.1, -0.05) is 13.0 Å². The maximum Gasteiger partial charge on any atom is 0.405 e. The van der Waals surface area contributed by atoms with Crippen LogP contribution in [0.2, 0.25) is 0 Å². The Kier molecular flexibility index (Phi) is 6.00. The van der Waals surface area contributed by atoms with E-state index in [0.29, 0.717) is 12.2 Å². The maximum atomic E-state index is 12.6. The average molecular weight is 292 g/mol. The number of thioether (sulfide) groups is 1. The molecule has 0 saturated carbocycles. The van der Waals surface area contributed by atoms with E-state index in [1.54, 1.807) is 30.8 Å². The number of hydrogen-bond donors (Lipinski definition) is 1. The van der Waals surface area contributed by atoms with Crippen LogP contribution in [-0.4, -0.2) is 25.0 Å². The summed E-state index contributed by atoms with van der Waals surface area (Å²) in [7, 11) is 0. The number of rotatable bonds is 6. The molecule has 1 aromatic rings. The van der Waals surface area contributed by atoms with Crippen LogP contribution in [0, 0.1) is 0 Å². The van der Waals surface area contributed by atoms with Crippen molar-refractivity contribution in [1.82, 2.24) is 0 Å². The fourth-order valence-electron chi connectivity index (χ4n) is 1.93. The second-order valence-electron chi connectivity index (χ2n) is 4.02. The third-order valence-electron chi connectivity index (χ3n) is 2.70. The summed E-state index contributed by atoms with van der Waals surface area (Å²) in [6.07, 6.45) is -4.21. The predicted octanol–water partition coefficient (Wildman–Crippen LogP) is 3.65. The Balaban J connectivity index is 3.12. The van der Waals surface area contributed by atoms with Crippen LogP contribution in [0.4, 0.5) is 18.9 Å². The summed E-state index contributed by atoms with van der Waals surface area (Å²) in [6.45, 7) is 3.31. The van der Waals surface area contributed by atoms with Crippen LogP contribution < -0.4 is 10.6 Å². The molecule has 1 rings (SSSR count). The second kappa shape index (κ2) is 7.05. The number of alkyl halides is 3. The summed E-state index contributed by atoms with van der Waals surface area (Å²) in [5.74, 6) is 0.863. The lowest BCUT2D eigenvalue weighted by molar-refractivity contribution is -0.119. The van der Waals surface area contributed by atoms with Gasteiger partial charge in [-0.25, -0.2) is 0 Å². The predicted molar refractivity (Wildman–Crippen MR) is 74.7 cm³/mol. The van der Waals surface area contributed by atoms with E-state index in [2.05, 4.69) is 0 Å². The Labute approximate surface area is 116 Å². The highest BCUT2D eigenvalue weighted by molar-refractivity contribution is 7.99. The largest absolute Gasteiger partial charge is 0.405 e. The Morgan fingerprint density at radius 1 is 1.26 bits per heavy atom. The van der Waals surface area contributed by atoms with Crippen molar-refractivity contribution in [2.24, 2.45) is 5.73 Å². The van der Waals surface area contributed by atoms with Crippen LogP contribution in [0.5, 0.6) is 0 Å². The molecular weight excluding hydrogens is 273 g/mol. The summed E-state index contributed by atoms with van der Waals surface area (Å²) in [6, 6.07) is 5.39. The monoisotopic (exact) mass is 292 g/mol. The van der Waals surface area contributed by atoms with Crippen LogP contribution in [0.1, 0.15) is 19.4 Å². The van der Waals surface area contributed by atoms with E-state index >= 15 is 0 Å². The van der Waals surface area contributed by atoms with Gasteiger partial charge in [-0.05, 0) is 24.8 Å². The zero-order chi connectivity index (χ0) is 14.5. The van der Waals surface area contributed by atoms with Gasteiger partial charge in [0, 0.05) is 29.2 Å². The lowest BCUT2D eigenvalue weighted by Gasteiger charge is -2.27. The van der Waals surface area contributed by atoms with Crippen molar-refractivity contribution in [3.63, 3.8) is 0 Å². The number of benzene rings is 1. The molecule has 1 aromatic carbocycles. The molecule has 0 aliphatic carbocycles. The number of nitrogens with zero attached hydrogens (tertiary/aromatic N) is 1. The molecule has 0 amide bonds. The SMILES string of the molecule is CCSc1cccc(N(CC)CC(F)(F)F)c1CN. The number of anilines is 1. The van der Waals surface area contributed by atoms with Crippen molar-refractivity contribution >= 4 is 17.4 Å². The molecule has 0 heterocycles. The van der Waals surface area contributed by atoms with Gasteiger partial charge in [-0.3, -0.25) is 0 Å². The Hall–Kier alpha value is -0.880. The number of hydrogen-bond acceptors (Lipinski definition) is 3. The van der Waals surface area contributed by atoms with E-state index in [4.69, 9.17) is 5.73 Å². The van der Waals surface area contributed by atoms with Crippen LogP contribution in [-0.2, 0) is 6.54 Å². The molecule has 0 aromatic heterocycles. The van der Waals surface area contributed by atoms with Gasteiger partial charge >= 0.3 is 6.18 Å². The van der Waals surface area contributed by atoms with Crippen molar-refractivity contribution < 1.29 is 13.2 Å². The number of nitrogens with two attached hydrogens (primary N) is 1. The van der Waals surface area contributed by atoms with Gasteiger partial charge < -0.3 is 10.6 Å². The topological polar surface area (TPSA) is 29.3 Å². The van der Waals surface area contributed by atoms with E-state index in [-0.39, 0.29) is 6.54 Å². The molecule has 2 N–H and O–H groups in total. The minimum atomic E-state index is -4.21. The standard InChI is InChI=1S/C13H19F3N2S/c1-3-18(9-13(14,15)16)11-6-5-7-12(19-4-2)10(11)8-17/h5-7H,3-4,8-9,17H2,1-2H3. The molecule has 0 radical (unpaired) electrons. The molecular formula is C13H19F3N2S. The van der Waals surface area contributed by atoms with Crippen LogP contribution in [0.25, 0.3) is 0 Å². The average Bonchev–Trinajstić information content (AvgIpc) is 2.35. The third-order valence-corrected chi connectivity index (χ3v) is 3.69. The van der Waals surface area contributed by atoms with Crippen molar-refractivity contribution in [1.29, 1.82) is 0 Å². The Morgan fingerprint density at radius 3 is 2.42 bits per heavy atom. The van der Waals surface area contributed by atoms with E-state index < -0.39 is 12.7 Å². The first kappa shape index (κ1) is 16.2. The minimum Gasteiger partial charge on any atom is -0.363 e. The molecule has 0 bridgehead atoms. The Morgan fingerprint density at radius 2 is 1.95 bits per heavy atom. The van der Waals surface area contributed by atoms with E-state index in [1.807, 2.05) is 13.0 Å². The maximum absolute atomic E-state index is 12.6. The van der Waals surface area contributed by atoms with E-state index in [0.717, 1.165) is 16.2 Å². The first-order valence-corrected chi connectivity index (χ1v) is 7.17. The summed E-state index contributed by atoms with van der Waals surface area (Å²) < 4.78 is 37.8. The molecule has 6 heteroatoms. The molecule has 0 fully saturated rings. The molecule has 0 spiro atoms. The van der Waals surface area contributed by atoms with Crippen molar-refractivity contribution in [2.75, 3.05) is 23.7 Å². The molecule has 0 aliphatic rings. The molecule has 19 heavy (non-hydrogen) atoms. The van der Waals surface area contributed by atoms with Crippen LogP contribution in [0.15, 0.2) is 23.1 Å². The lowest BCUT2D eigenvalue weighted by Crippen LogP contribution is -2.35. The van der Waals surface area contributed by atoms with Gasteiger partial charge in [0.05, 0.1) is 0 Å². The molecule has 108 valence electrons.